The number of rotatable bonds is 7. The highest BCUT2D eigenvalue weighted by atomic mass is 15.0. The summed E-state index contributed by atoms with van der Waals surface area (Å²) >= 11 is 0. The first-order chi connectivity index (χ1) is 6.83. The summed E-state index contributed by atoms with van der Waals surface area (Å²) in [5.41, 5.74) is 0. The summed E-state index contributed by atoms with van der Waals surface area (Å²) in [6.07, 6.45) is 9.09. The first-order valence-electron chi connectivity index (χ1n) is 5.15. The van der Waals surface area contributed by atoms with Crippen LogP contribution in [0, 0.1) is 0 Å². The van der Waals surface area contributed by atoms with Crippen molar-refractivity contribution in [1.82, 2.24) is 15.3 Å². The molecule has 2 N–H and O–H groups in total. The molecule has 0 aromatic carbocycles. The smallest absolute Gasteiger partial charge is 0.120 e. The second-order valence-electron chi connectivity index (χ2n) is 3.54. The quantitative estimate of drug-likeness (QED) is 0.515. The Kier molecular flexibility index (Phi) is 5.00. The fourth-order valence-corrected chi connectivity index (χ4v) is 1.34. The monoisotopic (exact) mass is 193 g/mol. The summed E-state index contributed by atoms with van der Waals surface area (Å²) in [6, 6.07) is 0.542. The molecule has 0 bridgehead atoms. The molecular formula is C11H19N3. The molecule has 78 valence electrons. The van der Waals surface area contributed by atoms with Crippen LogP contribution in [-0.4, -0.2) is 16.0 Å². The van der Waals surface area contributed by atoms with E-state index in [-0.39, 0.29) is 0 Å². The Morgan fingerprint density at radius 2 is 2.57 bits per heavy atom. The molecule has 3 heteroatoms. The van der Waals surface area contributed by atoms with Gasteiger partial charge < -0.3 is 10.3 Å². The summed E-state index contributed by atoms with van der Waals surface area (Å²) in [7, 11) is 0. The lowest BCUT2D eigenvalue weighted by Gasteiger charge is -2.11. The van der Waals surface area contributed by atoms with Crippen molar-refractivity contribution < 1.29 is 0 Å². The second-order valence-corrected chi connectivity index (χ2v) is 3.54. The number of nitrogens with zero attached hydrogens (tertiary/aromatic N) is 1. The molecule has 1 aromatic rings. The van der Waals surface area contributed by atoms with Gasteiger partial charge >= 0.3 is 0 Å². The zero-order chi connectivity index (χ0) is 10.2. The van der Waals surface area contributed by atoms with Crippen LogP contribution in [0.4, 0.5) is 0 Å². The van der Waals surface area contributed by atoms with Crippen LogP contribution in [0.25, 0.3) is 0 Å². The van der Waals surface area contributed by atoms with Gasteiger partial charge in [0.1, 0.15) is 5.82 Å². The van der Waals surface area contributed by atoms with Gasteiger partial charge in [0.25, 0.3) is 0 Å². The maximum Gasteiger partial charge on any atom is 0.120 e. The maximum atomic E-state index is 4.15. The number of allylic oxidation sites excluding steroid dienone is 1. The summed E-state index contributed by atoms with van der Waals surface area (Å²) in [5.74, 6) is 1.00. The van der Waals surface area contributed by atoms with E-state index in [0.29, 0.717) is 6.04 Å². The Hall–Kier alpha value is -1.09. The van der Waals surface area contributed by atoms with E-state index in [2.05, 4.69) is 28.8 Å². The van der Waals surface area contributed by atoms with Crippen LogP contribution in [0.1, 0.15) is 32.0 Å². The fourth-order valence-electron chi connectivity index (χ4n) is 1.34. The van der Waals surface area contributed by atoms with Gasteiger partial charge in [-0.1, -0.05) is 6.08 Å². The minimum absolute atomic E-state index is 0.542. The van der Waals surface area contributed by atoms with Crippen LogP contribution in [0.3, 0.4) is 0 Å². The Labute approximate surface area is 85.6 Å². The van der Waals surface area contributed by atoms with Crippen molar-refractivity contribution in [2.24, 2.45) is 0 Å². The van der Waals surface area contributed by atoms with E-state index >= 15 is 0 Å². The molecule has 0 fully saturated rings. The predicted octanol–water partition coefficient (Wildman–Crippen LogP) is 2.24. The molecule has 0 saturated heterocycles. The van der Waals surface area contributed by atoms with Crippen LogP contribution in [0.2, 0.25) is 0 Å². The summed E-state index contributed by atoms with van der Waals surface area (Å²) in [6.45, 7) is 6.73. The minimum Gasteiger partial charge on any atom is -0.348 e. The van der Waals surface area contributed by atoms with Gasteiger partial charge in [0, 0.05) is 18.4 Å². The maximum absolute atomic E-state index is 4.15. The summed E-state index contributed by atoms with van der Waals surface area (Å²) < 4.78 is 0. The molecule has 3 nitrogen and oxygen atoms in total. The van der Waals surface area contributed by atoms with Crippen LogP contribution in [-0.2, 0) is 6.54 Å². The van der Waals surface area contributed by atoms with Crippen molar-refractivity contribution in [2.45, 2.75) is 38.8 Å². The molecule has 1 heterocycles. The van der Waals surface area contributed by atoms with E-state index in [1.54, 1.807) is 6.20 Å². The van der Waals surface area contributed by atoms with Crippen LogP contribution >= 0.6 is 0 Å². The Morgan fingerprint density at radius 1 is 1.71 bits per heavy atom. The molecule has 0 aliphatic rings. The SMILES string of the molecule is C=CCCCC(C)NCc1ncc[nH]1. The highest BCUT2D eigenvalue weighted by molar-refractivity contribution is 4.86. The molecule has 0 spiro atoms. The normalized spacial score (nSPS) is 12.6. The third-order valence-corrected chi connectivity index (χ3v) is 2.22. The average Bonchev–Trinajstić information content (AvgIpc) is 2.68. The van der Waals surface area contributed by atoms with E-state index in [0.717, 1.165) is 18.8 Å². The third kappa shape index (κ3) is 4.23. The first-order valence-corrected chi connectivity index (χ1v) is 5.15. The number of aromatic nitrogens is 2. The van der Waals surface area contributed by atoms with Gasteiger partial charge in [-0.2, -0.15) is 0 Å². The van der Waals surface area contributed by atoms with E-state index in [1.807, 2.05) is 12.3 Å². The average molecular weight is 193 g/mol. The molecule has 1 rings (SSSR count). The lowest BCUT2D eigenvalue weighted by molar-refractivity contribution is 0.493. The standard InChI is InChI=1S/C11H19N3/c1-3-4-5-6-10(2)14-9-11-12-7-8-13-11/h3,7-8,10,14H,1,4-6,9H2,2H3,(H,12,13). The number of hydrogen-bond donors (Lipinski definition) is 2. The van der Waals surface area contributed by atoms with E-state index in [4.69, 9.17) is 0 Å². The zero-order valence-corrected chi connectivity index (χ0v) is 8.79. The fraction of sp³-hybridized carbons (Fsp3) is 0.545. The third-order valence-electron chi connectivity index (χ3n) is 2.22. The molecule has 0 radical (unpaired) electrons. The molecule has 0 saturated carbocycles. The van der Waals surface area contributed by atoms with Crippen molar-refractivity contribution in [1.29, 1.82) is 0 Å². The predicted molar refractivity (Wildman–Crippen MR) is 58.9 cm³/mol. The van der Waals surface area contributed by atoms with E-state index < -0.39 is 0 Å². The molecule has 14 heavy (non-hydrogen) atoms. The number of unbranched alkanes of at least 4 members (excludes halogenated alkanes) is 1. The van der Waals surface area contributed by atoms with Gasteiger partial charge in [-0.15, -0.1) is 6.58 Å². The minimum atomic E-state index is 0.542. The van der Waals surface area contributed by atoms with Gasteiger partial charge in [-0.05, 0) is 26.2 Å². The number of H-pyrrole nitrogens is 1. The number of imidazole rings is 1. The molecule has 0 aliphatic carbocycles. The molecule has 1 aromatic heterocycles. The van der Waals surface area contributed by atoms with Crippen LogP contribution in [0.15, 0.2) is 25.0 Å². The second kappa shape index (κ2) is 6.38. The summed E-state index contributed by atoms with van der Waals surface area (Å²) in [4.78, 5) is 7.22. The van der Waals surface area contributed by atoms with Gasteiger partial charge in [0.15, 0.2) is 0 Å². The largest absolute Gasteiger partial charge is 0.348 e. The van der Waals surface area contributed by atoms with Crippen molar-refractivity contribution in [3.8, 4) is 0 Å². The van der Waals surface area contributed by atoms with Crippen molar-refractivity contribution >= 4 is 0 Å². The van der Waals surface area contributed by atoms with Gasteiger partial charge in [0.2, 0.25) is 0 Å². The van der Waals surface area contributed by atoms with E-state index in [9.17, 15) is 0 Å². The Balaban J connectivity index is 2.08. The van der Waals surface area contributed by atoms with E-state index in [1.165, 1.54) is 12.8 Å². The molecule has 0 amide bonds. The van der Waals surface area contributed by atoms with Crippen LogP contribution in [0.5, 0.6) is 0 Å². The van der Waals surface area contributed by atoms with Gasteiger partial charge in [-0.3, -0.25) is 0 Å². The zero-order valence-electron chi connectivity index (χ0n) is 8.79. The molecule has 1 unspecified atom stereocenters. The molecule has 0 aliphatic heterocycles. The van der Waals surface area contributed by atoms with Gasteiger partial charge in [-0.25, -0.2) is 4.98 Å². The highest BCUT2D eigenvalue weighted by Crippen LogP contribution is 2.01. The van der Waals surface area contributed by atoms with Crippen molar-refractivity contribution in [2.75, 3.05) is 0 Å². The molecular weight excluding hydrogens is 174 g/mol. The lowest BCUT2D eigenvalue weighted by atomic mass is 10.1. The number of nitrogens with one attached hydrogen (secondary N) is 2. The van der Waals surface area contributed by atoms with Gasteiger partial charge in [0.05, 0.1) is 6.54 Å². The van der Waals surface area contributed by atoms with Crippen molar-refractivity contribution in [3.05, 3.63) is 30.9 Å². The van der Waals surface area contributed by atoms with Crippen molar-refractivity contribution in [3.63, 3.8) is 0 Å². The highest BCUT2D eigenvalue weighted by Gasteiger charge is 2.01. The Morgan fingerprint density at radius 3 is 3.21 bits per heavy atom. The number of aromatic amines is 1. The van der Waals surface area contributed by atoms with Crippen LogP contribution < -0.4 is 5.32 Å². The number of hydrogen-bond acceptors (Lipinski definition) is 2. The lowest BCUT2D eigenvalue weighted by Crippen LogP contribution is -2.25. The molecule has 1 atom stereocenters. The summed E-state index contributed by atoms with van der Waals surface area (Å²) in [5, 5.41) is 3.42. The topological polar surface area (TPSA) is 40.7 Å². The Bertz CT molecular complexity index is 241. The first kappa shape index (κ1) is 11.0.